The van der Waals surface area contributed by atoms with Gasteiger partial charge in [-0.25, -0.2) is 0 Å². The number of rotatable bonds is 4. The van der Waals surface area contributed by atoms with Crippen molar-refractivity contribution in [2.45, 2.75) is 0 Å². The number of nitriles is 1. The Hall–Kier alpha value is -2.57. The van der Waals surface area contributed by atoms with E-state index >= 15 is 0 Å². The van der Waals surface area contributed by atoms with Gasteiger partial charge in [0.2, 0.25) is 5.78 Å². The topological polar surface area (TPSA) is 44.1 Å². The van der Waals surface area contributed by atoms with Crippen LogP contribution in [0.3, 0.4) is 0 Å². The Morgan fingerprint density at radius 1 is 1.09 bits per heavy atom. The summed E-state index contributed by atoms with van der Waals surface area (Å²) in [6, 6.07) is 16.1. The molecule has 0 saturated carbocycles. The van der Waals surface area contributed by atoms with E-state index < -0.39 is 0 Å². The summed E-state index contributed by atoms with van der Waals surface area (Å²) in [5.41, 5.74) is 2.41. The average molecular weight is 311 g/mol. The van der Waals surface area contributed by atoms with Gasteiger partial charge in [0.1, 0.15) is 11.6 Å². The molecule has 2 aromatic carbocycles. The van der Waals surface area contributed by atoms with Crippen molar-refractivity contribution in [1.82, 2.24) is 0 Å². The summed E-state index contributed by atoms with van der Waals surface area (Å²) < 4.78 is 0. The summed E-state index contributed by atoms with van der Waals surface area (Å²) in [5, 5.41) is 9.80. The molecule has 0 amide bonds. The van der Waals surface area contributed by atoms with Crippen molar-refractivity contribution in [1.29, 1.82) is 5.26 Å². The summed E-state index contributed by atoms with van der Waals surface area (Å²) in [4.78, 5) is 14.3. The van der Waals surface area contributed by atoms with Crippen LogP contribution in [-0.2, 0) is 0 Å². The lowest BCUT2D eigenvalue weighted by molar-refractivity contribution is 0.104. The van der Waals surface area contributed by atoms with Crippen LogP contribution in [0.5, 0.6) is 0 Å². The number of carbonyl (C=O) groups is 1. The second-order valence-electron chi connectivity index (χ2n) is 4.99. The summed E-state index contributed by atoms with van der Waals surface area (Å²) in [7, 11) is 3.91. The highest BCUT2D eigenvalue weighted by molar-refractivity contribution is 6.30. The number of hydrogen-bond acceptors (Lipinski definition) is 3. The van der Waals surface area contributed by atoms with Gasteiger partial charge in [-0.1, -0.05) is 23.7 Å². The maximum atomic E-state index is 12.3. The molecule has 0 aromatic heterocycles. The number of halogens is 1. The third kappa shape index (κ3) is 3.75. The summed E-state index contributed by atoms with van der Waals surface area (Å²) >= 11 is 5.80. The molecule has 0 bridgehead atoms. The minimum atomic E-state index is -0.309. The Balaban J connectivity index is 2.29. The van der Waals surface area contributed by atoms with E-state index in [0.717, 1.165) is 11.3 Å². The van der Waals surface area contributed by atoms with Crippen LogP contribution < -0.4 is 4.90 Å². The zero-order valence-corrected chi connectivity index (χ0v) is 13.1. The highest BCUT2D eigenvalue weighted by atomic mass is 35.5. The molecule has 0 fully saturated rings. The lowest BCUT2D eigenvalue weighted by Gasteiger charge is -2.11. The van der Waals surface area contributed by atoms with Crippen molar-refractivity contribution in [2.24, 2.45) is 0 Å². The molecule has 3 nitrogen and oxygen atoms in total. The van der Waals surface area contributed by atoms with E-state index in [1.54, 1.807) is 30.3 Å². The van der Waals surface area contributed by atoms with Crippen molar-refractivity contribution in [3.05, 3.63) is 70.3 Å². The number of nitrogens with zero attached hydrogens (tertiary/aromatic N) is 2. The normalized spacial score (nSPS) is 10.9. The lowest BCUT2D eigenvalue weighted by atomic mass is 10.0. The second kappa shape index (κ2) is 6.93. The van der Waals surface area contributed by atoms with Gasteiger partial charge in [0.25, 0.3) is 0 Å². The van der Waals surface area contributed by atoms with Crippen LogP contribution in [0.1, 0.15) is 15.9 Å². The third-order valence-corrected chi connectivity index (χ3v) is 3.44. The maximum absolute atomic E-state index is 12.3. The number of benzene rings is 2. The van der Waals surface area contributed by atoms with Crippen molar-refractivity contribution in [3.8, 4) is 6.07 Å². The van der Waals surface area contributed by atoms with Crippen LogP contribution >= 0.6 is 11.6 Å². The zero-order valence-electron chi connectivity index (χ0n) is 12.4. The lowest BCUT2D eigenvalue weighted by Crippen LogP contribution is -2.08. The Bertz CT molecular complexity index is 738. The quantitative estimate of drug-likeness (QED) is 0.483. The number of carbonyl (C=O) groups excluding carboxylic acids is 1. The predicted octanol–water partition coefficient (Wildman–Crippen LogP) is 4.20. The van der Waals surface area contributed by atoms with Crippen molar-refractivity contribution >= 4 is 29.1 Å². The monoisotopic (exact) mass is 310 g/mol. The van der Waals surface area contributed by atoms with Gasteiger partial charge < -0.3 is 4.90 Å². The molecule has 0 atom stereocenters. The molecular formula is C18H15ClN2O. The van der Waals surface area contributed by atoms with E-state index in [0.29, 0.717) is 10.6 Å². The third-order valence-electron chi connectivity index (χ3n) is 3.19. The molecule has 4 heteroatoms. The molecule has 0 aliphatic carbocycles. The van der Waals surface area contributed by atoms with Gasteiger partial charge in [-0.3, -0.25) is 4.79 Å². The fourth-order valence-corrected chi connectivity index (χ4v) is 2.07. The van der Waals surface area contributed by atoms with E-state index in [1.807, 2.05) is 49.3 Å². The number of hydrogen-bond donors (Lipinski definition) is 0. The van der Waals surface area contributed by atoms with Crippen LogP contribution in [0.25, 0.3) is 6.08 Å². The minimum Gasteiger partial charge on any atom is -0.378 e. The molecule has 0 unspecified atom stereocenters. The van der Waals surface area contributed by atoms with E-state index in [-0.39, 0.29) is 11.4 Å². The number of allylic oxidation sites excluding steroid dienone is 1. The van der Waals surface area contributed by atoms with Crippen molar-refractivity contribution < 1.29 is 4.79 Å². The maximum Gasteiger partial charge on any atom is 0.203 e. The highest BCUT2D eigenvalue weighted by Crippen LogP contribution is 2.17. The van der Waals surface area contributed by atoms with Gasteiger partial charge in [-0.15, -0.1) is 0 Å². The molecule has 2 rings (SSSR count). The molecule has 110 valence electrons. The van der Waals surface area contributed by atoms with Crippen LogP contribution in [0, 0.1) is 11.3 Å². The first kappa shape index (κ1) is 15.8. The van der Waals surface area contributed by atoms with Gasteiger partial charge in [-0.05, 0) is 48.0 Å². The standard InChI is InChI=1S/C18H15ClN2O/c1-21(2)17-9-3-13(4-10-17)11-15(12-20)18(22)14-5-7-16(19)8-6-14/h3-11H,1-2H3/b15-11+. The molecule has 0 spiro atoms. The second-order valence-corrected chi connectivity index (χ2v) is 5.43. The largest absolute Gasteiger partial charge is 0.378 e. The zero-order chi connectivity index (χ0) is 16.1. The first-order valence-corrected chi connectivity index (χ1v) is 7.08. The molecule has 0 aliphatic heterocycles. The molecule has 22 heavy (non-hydrogen) atoms. The number of anilines is 1. The first-order valence-electron chi connectivity index (χ1n) is 6.70. The Kier molecular flexibility index (Phi) is 4.98. The Morgan fingerprint density at radius 3 is 2.18 bits per heavy atom. The minimum absolute atomic E-state index is 0.0972. The molecule has 0 saturated heterocycles. The van der Waals surface area contributed by atoms with Crippen LogP contribution in [-0.4, -0.2) is 19.9 Å². The summed E-state index contributed by atoms with van der Waals surface area (Å²) in [5.74, 6) is -0.309. The number of Topliss-reactive ketones (excluding diaryl/α,β-unsaturated/α-hetero) is 1. The summed E-state index contributed by atoms with van der Waals surface area (Å²) in [6.07, 6.45) is 1.59. The highest BCUT2D eigenvalue weighted by Gasteiger charge is 2.12. The van der Waals surface area contributed by atoms with E-state index in [9.17, 15) is 10.1 Å². The van der Waals surface area contributed by atoms with Crippen molar-refractivity contribution in [3.63, 3.8) is 0 Å². The van der Waals surface area contributed by atoms with E-state index in [1.165, 1.54) is 0 Å². The van der Waals surface area contributed by atoms with Gasteiger partial charge in [-0.2, -0.15) is 5.26 Å². The van der Waals surface area contributed by atoms with Crippen molar-refractivity contribution in [2.75, 3.05) is 19.0 Å². The predicted molar refractivity (Wildman–Crippen MR) is 90.1 cm³/mol. The molecule has 2 aromatic rings. The molecule has 0 aliphatic rings. The van der Waals surface area contributed by atoms with Gasteiger partial charge in [0.05, 0.1) is 0 Å². The fraction of sp³-hybridized carbons (Fsp3) is 0.111. The molecule has 0 heterocycles. The van der Waals surface area contributed by atoms with Gasteiger partial charge >= 0.3 is 0 Å². The Labute approximate surface area is 135 Å². The fourth-order valence-electron chi connectivity index (χ4n) is 1.94. The molecule has 0 N–H and O–H groups in total. The SMILES string of the molecule is CN(C)c1ccc(/C=C(\C#N)C(=O)c2ccc(Cl)cc2)cc1. The van der Waals surface area contributed by atoms with Gasteiger partial charge in [0, 0.05) is 30.4 Å². The van der Waals surface area contributed by atoms with E-state index in [4.69, 9.17) is 11.6 Å². The Morgan fingerprint density at radius 2 is 1.68 bits per heavy atom. The van der Waals surface area contributed by atoms with Crippen LogP contribution in [0.2, 0.25) is 5.02 Å². The van der Waals surface area contributed by atoms with Crippen LogP contribution in [0.4, 0.5) is 5.69 Å². The smallest absolute Gasteiger partial charge is 0.203 e. The average Bonchev–Trinajstić information content (AvgIpc) is 2.53. The molecule has 0 radical (unpaired) electrons. The first-order chi connectivity index (χ1) is 10.5. The summed E-state index contributed by atoms with van der Waals surface area (Å²) in [6.45, 7) is 0. The van der Waals surface area contributed by atoms with Gasteiger partial charge in [0.15, 0.2) is 0 Å². The number of ketones is 1. The van der Waals surface area contributed by atoms with E-state index in [2.05, 4.69) is 0 Å². The molecular weight excluding hydrogens is 296 g/mol. The van der Waals surface area contributed by atoms with Crippen LogP contribution in [0.15, 0.2) is 54.1 Å².